The fourth-order valence-corrected chi connectivity index (χ4v) is 5.33. The molecule has 3 heterocycles. The van der Waals surface area contributed by atoms with Crippen molar-refractivity contribution in [2.24, 2.45) is 0 Å². The number of likely N-dealkylation sites (tertiary alicyclic amines) is 1. The summed E-state index contributed by atoms with van der Waals surface area (Å²) in [4.78, 5) is 17.8. The summed E-state index contributed by atoms with van der Waals surface area (Å²) < 4.78 is 86.8. The Balaban J connectivity index is 2.07. The van der Waals surface area contributed by atoms with E-state index in [0.717, 1.165) is 29.8 Å². The minimum atomic E-state index is -4.78. The number of carbonyl (C=O) groups is 1. The third-order valence-corrected chi connectivity index (χ3v) is 7.20. The number of amides is 1. The number of ether oxygens (including phenoxy) is 1. The second-order valence-corrected chi connectivity index (χ2v) is 9.76. The van der Waals surface area contributed by atoms with Crippen molar-refractivity contribution < 1.29 is 41.0 Å². The van der Waals surface area contributed by atoms with Crippen LogP contribution in [0.3, 0.4) is 0 Å². The highest BCUT2D eigenvalue weighted by molar-refractivity contribution is 7.10. The molecule has 1 fully saturated rings. The van der Waals surface area contributed by atoms with E-state index < -0.39 is 52.3 Å². The van der Waals surface area contributed by atoms with Crippen molar-refractivity contribution in [2.75, 3.05) is 13.1 Å². The Labute approximate surface area is 214 Å². The number of pyridine rings is 1. The van der Waals surface area contributed by atoms with Crippen LogP contribution < -0.4 is 10.1 Å². The molecule has 1 amide bonds. The van der Waals surface area contributed by atoms with Crippen molar-refractivity contribution in [3.63, 3.8) is 0 Å². The second kappa shape index (κ2) is 11.6. The van der Waals surface area contributed by atoms with Crippen LogP contribution in [0.2, 0.25) is 0 Å². The summed E-state index contributed by atoms with van der Waals surface area (Å²) in [5, 5.41) is 15.1. The Morgan fingerprint density at radius 3 is 2.59 bits per heavy atom. The molecule has 0 spiro atoms. The summed E-state index contributed by atoms with van der Waals surface area (Å²) in [7, 11) is 0. The van der Waals surface area contributed by atoms with E-state index in [1.807, 2.05) is 6.92 Å². The lowest BCUT2D eigenvalue weighted by Gasteiger charge is -2.49. The molecule has 6 nitrogen and oxygen atoms in total. The highest BCUT2D eigenvalue weighted by Gasteiger charge is 2.54. The van der Waals surface area contributed by atoms with E-state index in [1.165, 1.54) is 4.90 Å². The van der Waals surface area contributed by atoms with Gasteiger partial charge in [0, 0.05) is 30.7 Å². The minimum Gasteiger partial charge on any atom is -0.475 e. The van der Waals surface area contributed by atoms with Crippen molar-refractivity contribution in [3.8, 4) is 5.75 Å². The van der Waals surface area contributed by atoms with E-state index in [-0.39, 0.29) is 38.1 Å². The van der Waals surface area contributed by atoms with E-state index in [0.29, 0.717) is 24.2 Å². The summed E-state index contributed by atoms with van der Waals surface area (Å²) in [6.45, 7) is 4.01. The first-order valence-electron chi connectivity index (χ1n) is 11.9. The minimum absolute atomic E-state index is 0.0992. The summed E-state index contributed by atoms with van der Waals surface area (Å²) in [6.07, 6.45) is -8.48. The van der Waals surface area contributed by atoms with Crippen LogP contribution in [0.1, 0.15) is 68.3 Å². The SMILES string of the molecule is CCCNC(=O)[C@]1(Oc2csc(C(F)(F)F)c2)CCCN(C(O)c2ncccc2C(F)(F)F)[C@@H]1CCC. The topological polar surface area (TPSA) is 74.7 Å². The number of nitrogens with one attached hydrogen (secondary N) is 1. The van der Waals surface area contributed by atoms with Gasteiger partial charge in [0.25, 0.3) is 5.91 Å². The van der Waals surface area contributed by atoms with E-state index in [1.54, 1.807) is 6.92 Å². The van der Waals surface area contributed by atoms with Crippen LogP contribution in [-0.2, 0) is 17.1 Å². The number of halogens is 6. The predicted molar refractivity (Wildman–Crippen MR) is 125 cm³/mol. The maximum Gasteiger partial charge on any atom is 0.425 e. The first-order valence-corrected chi connectivity index (χ1v) is 12.8. The van der Waals surface area contributed by atoms with Crippen LogP contribution in [0.5, 0.6) is 5.75 Å². The van der Waals surface area contributed by atoms with Crippen molar-refractivity contribution in [2.45, 2.75) is 76.2 Å². The van der Waals surface area contributed by atoms with Crippen LogP contribution in [0.25, 0.3) is 0 Å². The number of piperidine rings is 1. The molecule has 0 saturated carbocycles. The number of aliphatic hydroxyl groups excluding tert-OH is 1. The molecule has 0 bridgehead atoms. The number of nitrogens with zero attached hydrogens (tertiary/aromatic N) is 2. The average Bonchev–Trinajstić information content (AvgIpc) is 3.31. The highest BCUT2D eigenvalue weighted by atomic mass is 32.1. The number of rotatable bonds is 9. The Morgan fingerprint density at radius 2 is 2.00 bits per heavy atom. The summed E-state index contributed by atoms with van der Waals surface area (Å²) in [6, 6.07) is 1.78. The molecule has 1 saturated heterocycles. The molecule has 1 aliphatic rings. The standard InChI is InChI=1S/C24H29F6N3O3S/c1-3-7-17-22(21(35)32-10-4-2,36-15-13-18(37-14-15)24(28,29)30)9-6-12-33(17)20(34)19-16(23(25,26)27)8-5-11-31-19/h5,8,11,13-14,17,20,34H,3-4,6-7,9-10,12H2,1-2H3,(H,32,35)/t17-,20?,22+/m1/s1. The highest BCUT2D eigenvalue weighted by Crippen LogP contribution is 2.43. The summed E-state index contributed by atoms with van der Waals surface area (Å²) in [5.41, 5.74) is -3.48. The molecule has 3 rings (SSSR count). The lowest BCUT2D eigenvalue weighted by molar-refractivity contribution is -0.165. The van der Waals surface area contributed by atoms with E-state index in [4.69, 9.17) is 4.74 Å². The van der Waals surface area contributed by atoms with Gasteiger partial charge in [0.1, 0.15) is 10.6 Å². The molecule has 3 atom stereocenters. The predicted octanol–water partition coefficient (Wildman–Crippen LogP) is 5.78. The van der Waals surface area contributed by atoms with Crippen molar-refractivity contribution in [3.05, 3.63) is 45.9 Å². The largest absolute Gasteiger partial charge is 0.475 e. The summed E-state index contributed by atoms with van der Waals surface area (Å²) in [5.74, 6) is -0.767. The van der Waals surface area contributed by atoms with Gasteiger partial charge in [0.15, 0.2) is 6.23 Å². The second-order valence-electron chi connectivity index (χ2n) is 8.85. The van der Waals surface area contributed by atoms with Crippen molar-refractivity contribution >= 4 is 17.2 Å². The lowest BCUT2D eigenvalue weighted by Crippen LogP contribution is -2.67. The summed E-state index contributed by atoms with van der Waals surface area (Å²) >= 11 is 0.417. The smallest absolute Gasteiger partial charge is 0.425 e. The monoisotopic (exact) mass is 553 g/mol. The normalized spacial score (nSPS) is 22.0. The van der Waals surface area contributed by atoms with Crippen molar-refractivity contribution in [1.29, 1.82) is 0 Å². The number of hydrogen-bond donors (Lipinski definition) is 2. The third kappa shape index (κ3) is 6.37. The molecular weight excluding hydrogens is 524 g/mol. The fraction of sp³-hybridized carbons (Fsp3) is 0.583. The van der Waals surface area contributed by atoms with Crippen LogP contribution in [-0.4, -0.2) is 45.6 Å². The number of alkyl halides is 6. The number of hydrogen-bond acceptors (Lipinski definition) is 6. The van der Waals surface area contributed by atoms with Gasteiger partial charge in [0.2, 0.25) is 5.60 Å². The van der Waals surface area contributed by atoms with Crippen LogP contribution in [0.4, 0.5) is 26.3 Å². The zero-order chi connectivity index (χ0) is 27.4. The quantitative estimate of drug-likeness (QED) is 0.385. The van der Waals surface area contributed by atoms with Gasteiger partial charge in [-0.25, -0.2) is 0 Å². The molecule has 2 aromatic heterocycles. The van der Waals surface area contributed by atoms with E-state index >= 15 is 0 Å². The van der Waals surface area contributed by atoms with Gasteiger partial charge in [-0.3, -0.25) is 14.7 Å². The van der Waals surface area contributed by atoms with E-state index in [2.05, 4.69) is 10.3 Å². The molecule has 0 aliphatic carbocycles. The molecule has 1 unspecified atom stereocenters. The number of thiophene rings is 1. The van der Waals surface area contributed by atoms with Crippen LogP contribution >= 0.6 is 11.3 Å². The third-order valence-electron chi connectivity index (χ3n) is 6.24. The van der Waals surface area contributed by atoms with Crippen LogP contribution in [0.15, 0.2) is 29.8 Å². The first-order chi connectivity index (χ1) is 17.3. The molecule has 206 valence electrons. The van der Waals surface area contributed by atoms with Crippen molar-refractivity contribution in [1.82, 2.24) is 15.2 Å². The fourth-order valence-electron chi connectivity index (χ4n) is 4.65. The Bertz CT molecular complexity index is 1060. The molecular formula is C24H29F6N3O3S. The van der Waals surface area contributed by atoms with Gasteiger partial charge >= 0.3 is 12.4 Å². The van der Waals surface area contributed by atoms with Crippen LogP contribution in [0, 0.1) is 0 Å². The zero-order valence-electron chi connectivity index (χ0n) is 20.3. The van der Waals surface area contributed by atoms with E-state index in [9.17, 15) is 36.2 Å². The molecule has 2 N–H and O–H groups in total. The van der Waals surface area contributed by atoms with Gasteiger partial charge in [-0.05, 0) is 37.8 Å². The lowest BCUT2D eigenvalue weighted by atomic mass is 9.80. The molecule has 1 aliphatic heterocycles. The number of aromatic nitrogens is 1. The Hall–Kier alpha value is -2.38. The van der Waals surface area contributed by atoms with Gasteiger partial charge < -0.3 is 15.2 Å². The maximum atomic E-state index is 13.7. The van der Waals surface area contributed by atoms with Gasteiger partial charge in [-0.1, -0.05) is 20.3 Å². The van der Waals surface area contributed by atoms with Gasteiger partial charge in [0.05, 0.1) is 17.3 Å². The van der Waals surface area contributed by atoms with Gasteiger partial charge in [-0.15, -0.1) is 11.3 Å². The number of carbonyl (C=O) groups excluding carboxylic acids is 1. The zero-order valence-corrected chi connectivity index (χ0v) is 21.1. The molecule has 13 heteroatoms. The van der Waals surface area contributed by atoms with Gasteiger partial charge in [-0.2, -0.15) is 26.3 Å². The maximum absolute atomic E-state index is 13.7. The number of aliphatic hydroxyl groups is 1. The Morgan fingerprint density at radius 1 is 1.27 bits per heavy atom. The molecule has 37 heavy (non-hydrogen) atoms. The molecule has 0 radical (unpaired) electrons. The average molecular weight is 554 g/mol. The first kappa shape index (κ1) is 29.2. The molecule has 0 aromatic carbocycles. The molecule has 2 aromatic rings. The Kier molecular flexibility index (Phi) is 9.12.